The van der Waals surface area contributed by atoms with Gasteiger partial charge in [-0.2, -0.15) is 0 Å². The summed E-state index contributed by atoms with van der Waals surface area (Å²) in [6, 6.07) is 13.5. The number of halogens is 2. The molecule has 0 bridgehead atoms. The van der Waals surface area contributed by atoms with Gasteiger partial charge in [-0.15, -0.1) is 0 Å². The van der Waals surface area contributed by atoms with E-state index in [9.17, 15) is 0 Å². The second kappa shape index (κ2) is 5.54. The van der Waals surface area contributed by atoms with E-state index >= 15 is 0 Å². The summed E-state index contributed by atoms with van der Waals surface area (Å²) in [6.07, 6.45) is 0. The molecule has 0 atom stereocenters. The highest BCUT2D eigenvalue weighted by Crippen LogP contribution is 2.41. The van der Waals surface area contributed by atoms with E-state index in [0.29, 0.717) is 16.3 Å². The maximum Gasteiger partial charge on any atom is 0.230 e. The van der Waals surface area contributed by atoms with Gasteiger partial charge in [-0.1, -0.05) is 62.5 Å². The fraction of sp³-hybridized carbons (Fsp3) is 0.0625. The van der Waals surface area contributed by atoms with E-state index in [-0.39, 0.29) is 5.88 Å². The summed E-state index contributed by atoms with van der Waals surface area (Å²) in [5.41, 5.74) is 10.2. The summed E-state index contributed by atoms with van der Waals surface area (Å²) in [5, 5.41) is 4.73. The standard InChI is InChI=1S/C16H12BrClN2O/c1-9-6-7-12(17)11(8-9)15-14(16(19)21-20-15)10-4-2-3-5-13(10)18/h2-8H,19H2,1H3. The quantitative estimate of drug-likeness (QED) is 0.671. The summed E-state index contributed by atoms with van der Waals surface area (Å²) in [6.45, 7) is 2.02. The molecule has 106 valence electrons. The Morgan fingerprint density at radius 3 is 2.67 bits per heavy atom. The van der Waals surface area contributed by atoms with Crippen LogP contribution in [0.3, 0.4) is 0 Å². The normalized spacial score (nSPS) is 10.8. The smallest absolute Gasteiger partial charge is 0.230 e. The Hall–Kier alpha value is -1.78. The van der Waals surface area contributed by atoms with Crippen molar-refractivity contribution in [1.82, 2.24) is 5.16 Å². The Balaban J connectivity index is 2.27. The lowest BCUT2D eigenvalue weighted by Gasteiger charge is -2.07. The number of aromatic nitrogens is 1. The van der Waals surface area contributed by atoms with E-state index in [1.54, 1.807) is 0 Å². The molecule has 5 heteroatoms. The van der Waals surface area contributed by atoms with Crippen LogP contribution in [-0.4, -0.2) is 5.16 Å². The van der Waals surface area contributed by atoms with Crippen molar-refractivity contribution in [3.63, 3.8) is 0 Å². The highest BCUT2D eigenvalue weighted by Gasteiger charge is 2.20. The molecule has 3 nitrogen and oxygen atoms in total. The minimum atomic E-state index is 0.256. The van der Waals surface area contributed by atoms with Crippen molar-refractivity contribution in [3.05, 3.63) is 57.5 Å². The maximum absolute atomic E-state index is 6.28. The van der Waals surface area contributed by atoms with Crippen molar-refractivity contribution < 1.29 is 4.52 Å². The fourth-order valence-electron chi connectivity index (χ4n) is 2.23. The van der Waals surface area contributed by atoms with Crippen LogP contribution in [0.5, 0.6) is 0 Å². The molecule has 0 spiro atoms. The minimum Gasteiger partial charge on any atom is -0.367 e. The molecule has 2 aromatic carbocycles. The summed E-state index contributed by atoms with van der Waals surface area (Å²) < 4.78 is 6.13. The van der Waals surface area contributed by atoms with Crippen LogP contribution < -0.4 is 5.73 Å². The van der Waals surface area contributed by atoms with Crippen LogP contribution in [-0.2, 0) is 0 Å². The number of anilines is 1. The molecular weight excluding hydrogens is 352 g/mol. The molecule has 1 heterocycles. The first-order valence-corrected chi connectivity index (χ1v) is 7.51. The monoisotopic (exact) mass is 362 g/mol. The van der Waals surface area contributed by atoms with Crippen LogP contribution in [0.2, 0.25) is 5.02 Å². The van der Waals surface area contributed by atoms with Gasteiger partial charge in [-0.25, -0.2) is 0 Å². The number of nitrogen functional groups attached to an aromatic ring is 1. The maximum atomic E-state index is 6.28. The van der Waals surface area contributed by atoms with Gasteiger partial charge >= 0.3 is 0 Å². The lowest BCUT2D eigenvalue weighted by Crippen LogP contribution is -1.90. The molecule has 0 saturated heterocycles. The van der Waals surface area contributed by atoms with Crippen LogP contribution in [0.1, 0.15) is 5.56 Å². The average molecular weight is 364 g/mol. The number of nitrogens with zero attached hydrogens (tertiary/aromatic N) is 1. The van der Waals surface area contributed by atoms with Crippen LogP contribution >= 0.6 is 27.5 Å². The van der Waals surface area contributed by atoms with Crippen molar-refractivity contribution in [2.24, 2.45) is 0 Å². The first-order chi connectivity index (χ1) is 10.1. The molecule has 0 unspecified atom stereocenters. The molecule has 21 heavy (non-hydrogen) atoms. The summed E-state index contributed by atoms with van der Waals surface area (Å²) in [5.74, 6) is 0.256. The van der Waals surface area contributed by atoms with Gasteiger partial charge in [0.2, 0.25) is 5.88 Å². The van der Waals surface area contributed by atoms with Crippen LogP contribution in [0.25, 0.3) is 22.4 Å². The molecule has 0 fully saturated rings. The third kappa shape index (κ3) is 2.57. The third-order valence-corrected chi connectivity index (χ3v) is 4.26. The molecule has 1 aromatic heterocycles. The summed E-state index contributed by atoms with van der Waals surface area (Å²) in [7, 11) is 0. The second-order valence-corrected chi connectivity index (χ2v) is 6.00. The zero-order valence-electron chi connectivity index (χ0n) is 11.2. The van der Waals surface area contributed by atoms with Gasteiger partial charge in [0, 0.05) is 20.6 Å². The Morgan fingerprint density at radius 1 is 1.14 bits per heavy atom. The molecule has 2 N–H and O–H groups in total. The molecule has 0 amide bonds. The number of hydrogen-bond donors (Lipinski definition) is 1. The zero-order chi connectivity index (χ0) is 15.0. The van der Waals surface area contributed by atoms with E-state index < -0.39 is 0 Å². The zero-order valence-corrected chi connectivity index (χ0v) is 13.6. The van der Waals surface area contributed by atoms with Gasteiger partial charge in [0.05, 0.1) is 5.56 Å². The van der Waals surface area contributed by atoms with E-state index in [1.165, 1.54) is 0 Å². The summed E-state index contributed by atoms with van der Waals surface area (Å²) >= 11 is 9.83. The van der Waals surface area contributed by atoms with Gasteiger partial charge in [-0.05, 0) is 25.1 Å². The lowest BCUT2D eigenvalue weighted by molar-refractivity contribution is 0.439. The number of rotatable bonds is 2. The van der Waals surface area contributed by atoms with Crippen molar-refractivity contribution in [3.8, 4) is 22.4 Å². The molecule has 0 aliphatic heterocycles. The molecule has 0 aliphatic rings. The second-order valence-electron chi connectivity index (χ2n) is 4.73. The fourth-order valence-corrected chi connectivity index (χ4v) is 2.90. The number of hydrogen-bond acceptors (Lipinski definition) is 3. The molecule has 0 aliphatic carbocycles. The van der Waals surface area contributed by atoms with Crippen molar-refractivity contribution in [2.75, 3.05) is 5.73 Å². The Kier molecular flexibility index (Phi) is 3.74. The van der Waals surface area contributed by atoms with Gasteiger partial charge in [0.1, 0.15) is 5.69 Å². The third-order valence-electron chi connectivity index (χ3n) is 3.24. The molecule has 3 rings (SSSR count). The van der Waals surface area contributed by atoms with Crippen molar-refractivity contribution in [1.29, 1.82) is 0 Å². The first-order valence-electron chi connectivity index (χ1n) is 6.34. The average Bonchev–Trinajstić information content (AvgIpc) is 2.84. The Labute approximate surface area is 135 Å². The Bertz CT molecular complexity index is 814. The predicted octanol–water partition coefficient (Wildman–Crippen LogP) is 5.32. The van der Waals surface area contributed by atoms with Gasteiger partial charge in [0.15, 0.2) is 0 Å². The number of benzene rings is 2. The molecule has 0 saturated carbocycles. The number of aryl methyl sites for hydroxylation is 1. The molecular formula is C16H12BrClN2O. The Morgan fingerprint density at radius 2 is 1.90 bits per heavy atom. The van der Waals surface area contributed by atoms with Gasteiger partial charge in [0.25, 0.3) is 0 Å². The predicted molar refractivity (Wildman–Crippen MR) is 89.2 cm³/mol. The van der Waals surface area contributed by atoms with Gasteiger partial charge in [-0.3, -0.25) is 0 Å². The highest BCUT2D eigenvalue weighted by atomic mass is 79.9. The number of nitrogens with two attached hydrogens (primary N) is 1. The van der Waals surface area contributed by atoms with E-state index in [1.807, 2.05) is 49.4 Å². The highest BCUT2D eigenvalue weighted by molar-refractivity contribution is 9.10. The van der Waals surface area contributed by atoms with Crippen LogP contribution in [0.4, 0.5) is 5.88 Å². The summed E-state index contributed by atoms with van der Waals surface area (Å²) in [4.78, 5) is 0. The lowest BCUT2D eigenvalue weighted by atomic mass is 10.00. The first kappa shape index (κ1) is 14.2. The van der Waals surface area contributed by atoms with Gasteiger partial charge < -0.3 is 10.3 Å². The van der Waals surface area contributed by atoms with E-state index in [2.05, 4.69) is 21.1 Å². The molecule has 0 radical (unpaired) electrons. The van der Waals surface area contributed by atoms with Crippen molar-refractivity contribution in [2.45, 2.75) is 6.92 Å². The molecule has 3 aromatic rings. The minimum absolute atomic E-state index is 0.256. The topological polar surface area (TPSA) is 52.0 Å². The SMILES string of the molecule is Cc1ccc(Br)c(-c2noc(N)c2-c2ccccc2Cl)c1. The van der Waals surface area contributed by atoms with E-state index in [0.717, 1.165) is 21.2 Å². The largest absolute Gasteiger partial charge is 0.367 e. The van der Waals surface area contributed by atoms with E-state index in [4.69, 9.17) is 21.9 Å². The van der Waals surface area contributed by atoms with Crippen molar-refractivity contribution >= 4 is 33.4 Å². The van der Waals surface area contributed by atoms with Crippen LogP contribution in [0.15, 0.2) is 51.5 Å². The van der Waals surface area contributed by atoms with Crippen LogP contribution in [0, 0.1) is 6.92 Å².